The molecule has 160 valence electrons. The Balaban J connectivity index is 1.36. The van der Waals surface area contributed by atoms with Crippen molar-refractivity contribution in [1.29, 1.82) is 0 Å². The standard InChI is InChI=1S/C22H32FN3O3/c1-16-6-5-8-19(17(16)2)24-21(27)14-29-15-22(28)26-12-10-25(11-13-26)20-9-4-3-7-18(20)23/h3-4,7,9,16-17,19H,5-6,8,10-15H2,1-2H3,(H,24,27)/t16-,17+,19-/m1/s1. The highest BCUT2D eigenvalue weighted by Crippen LogP contribution is 2.29. The topological polar surface area (TPSA) is 61.9 Å². The van der Waals surface area contributed by atoms with Gasteiger partial charge in [0.05, 0.1) is 5.69 Å². The van der Waals surface area contributed by atoms with Crippen LogP contribution in [0.5, 0.6) is 0 Å². The minimum atomic E-state index is -0.247. The molecule has 2 fully saturated rings. The highest BCUT2D eigenvalue weighted by Gasteiger charge is 2.28. The Morgan fingerprint density at radius 2 is 1.83 bits per heavy atom. The number of para-hydroxylation sites is 1. The number of nitrogens with zero attached hydrogens (tertiary/aromatic N) is 2. The first-order chi connectivity index (χ1) is 14.0. The molecule has 29 heavy (non-hydrogen) atoms. The van der Waals surface area contributed by atoms with Gasteiger partial charge in [-0.15, -0.1) is 0 Å². The van der Waals surface area contributed by atoms with E-state index in [2.05, 4.69) is 19.2 Å². The van der Waals surface area contributed by atoms with Crippen LogP contribution >= 0.6 is 0 Å². The second kappa shape index (κ2) is 10.1. The smallest absolute Gasteiger partial charge is 0.248 e. The third kappa shape index (κ3) is 5.69. The van der Waals surface area contributed by atoms with Crippen LogP contribution in [0.1, 0.15) is 33.1 Å². The maximum atomic E-state index is 13.9. The van der Waals surface area contributed by atoms with Gasteiger partial charge >= 0.3 is 0 Å². The molecule has 7 heteroatoms. The summed E-state index contributed by atoms with van der Waals surface area (Å²) in [5.74, 6) is 0.529. The number of carbonyl (C=O) groups excluding carboxylic acids is 2. The first kappa shape index (κ1) is 21.6. The Kier molecular flexibility index (Phi) is 7.47. The van der Waals surface area contributed by atoms with Crippen molar-refractivity contribution in [3.63, 3.8) is 0 Å². The zero-order chi connectivity index (χ0) is 20.8. The van der Waals surface area contributed by atoms with Gasteiger partial charge in [0.1, 0.15) is 19.0 Å². The number of piperazine rings is 1. The lowest BCUT2D eigenvalue weighted by atomic mass is 9.78. The third-order valence-electron chi connectivity index (χ3n) is 6.34. The number of amides is 2. The third-order valence-corrected chi connectivity index (χ3v) is 6.34. The highest BCUT2D eigenvalue weighted by atomic mass is 19.1. The second-order valence-electron chi connectivity index (χ2n) is 8.25. The van der Waals surface area contributed by atoms with Gasteiger partial charge in [0.2, 0.25) is 11.8 Å². The lowest BCUT2D eigenvalue weighted by molar-refractivity contribution is -0.138. The largest absolute Gasteiger partial charge is 0.366 e. The van der Waals surface area contributed by atoms with Gasteiger partial charge in [-0.2, -0.15) is 0 Å². The summed E-state index contributed by atoms with van der Waals surface area (Å²) in [6, 6.07) is 6.87. The van der Waals surface area contributed by atoms with Crippen LogP contribution in [0.25, 0.3) is 0 Å². The van der Waals surface area contributed by atoms with Crippen LogP contribution in [-0.2, 0) is 14.3 Å². The molecule has 1 saturated heterocycles. The van der Waals surface area contributed by atoms with Gasteiger partial charge in [-0.3, -0.25) is 9.59 Å². The molecule has 1 aliphatic heterocycles. The minimum Gasteiger partial charge on any atom is -0.366 e. The van der Waals surface area contributed by atoms with Crippen molar-refractivity contribution in [2.24, 2.45) is 11.8 Å². The Hall–Kier alpha value is -2.15. The van der Waals surface area contributed by atoms with Crippen LogP contribution < -0.4 is 10.2 Å². The van der Waals surface area contributed by atoms with E-state index in [1.807, 2.05) is 11.0 Å². The van der Waals surface area contributed by atoms with Gasteiger partial charge in [0.25, 0.3) is 0 Å². The van der Waals surface area contributed by atoms with Crippen molar-refractivity contribution in [3.8, 4) is 0 Å². The molecule has 0 spiro atoms. The predicted molar refractivity (Wildman–Crippen MR) is 110 cm³/mol. The summed E-state index contributed by atoms with van der Waals surface area (Å²) in [5.41, 5.74) is 0.568. The molecule has 0 bridgehead atoms. The lowest BCUT2D eigenvalue weighted by Gasteiger charge is -2.36. The average molecular weight is 406 g/mol. The fraction of sp³-hybridized carbons (Fsp3) is 0.636. The molecule has 0 unspecified atom stereocenters. The number of nitrogens with one attached hydrogen (secondary N) is 1. The number of hydrogen-bond acceptors (Lipinski definition) is 4. The number of rotatable bonds is 6. The molecule has 1 N–H and O–H groups in total. The predicted octanol–water partition coefficient (Wildman–Crippen LogP) is 2.43. The maximum absolute atomic E-state index is 13.9. The van der Waals surface area contributed by atoms with E-state index in [0.717, 1.165) is 12.8 Å². The van der Waals surface area contributed by atoms with Crippen LogP contribution in [0.15, 0.2) is 24.3 Å². The molecule has 1 aromatic rings. The summed E-state index contributed by atoms with van der Waals surface area (Å²) >= 11 is 0. The van der Waals surface area contributed by atoms with Crippen molar-refractivity contribution in [3.05, 3.63) is 30.1 Å². The van der Waals surface area contributed by atoms with E-state index in [1.54, 1.807) is 17.0 Å². The van der Waals surface area contributed by atoms with Gasteiger partial charge in [-0.05, 0) is 30.4 Å². The first-order valence-corrected chi connectivity index (χ1v) is 10.6. The number of ether oxygens (including phenoxy) is 1. The van der Waals surface area contributed by atoms with E-state index >= 15 is 0 Å². The van der Waals surface area contributed by atoms with E-state index in [4.69, 9.17) is 4.74 Å². The monoisotopic (exact) mass is 405 g/mol. The van der Waals surface area contributed by atoms with Gasteiger partial charge in [0, 0.05) is 32.2 Å². The van der Waals surface area contributed by atoms with E-state index in [1.165, 1.54) is 12.5 Å². The van der Waals surface area contributed by atoms with Crippen LogP contribution in [0.4, 0.5) is 10.1 Å². The number of carbonyl (C=O) groups is 2. The highest BCUT2D eigenvalue weighted by molar-refractivity contribution is 5.80. The van der Waals surface area contributed by atoms with E-state index < -0.39 is 0 Å². The van der Waals surface area contributed by atoms with Crippen molar-refractivity contribution < 1.29 is 18.7 Å². The Morgan fingerprint density at radius 1 is 1.10 bits per heavy atom. The summed E-state index contributed by atoms with van der Waals surface area (Å²) in [6.45, 7) is 6.38. The average Bonchev–Trinajstić information content (AvgIpc) is 2.72. The lowest BCUT2D eigenvalue weighted by Crippen LogP contribution is -2.50. The zero-order valence-corrected chi connectivity index (χ0v) is 17.4. The van der Waals surface area contributed by atoms with Crippen molar-refractivity contribution in [2.45, 2.75) is 39.2 Å². The van der Waals surface area contributed by atoms with Gasteiger partial charge in [0.15, 0.2) is 0 Å². The minimum absolute atomic E-state index is 0.0987. The fourth-order valence-corrected chi connectivity index (χ4v) is 4.26. The van der Waals surface area contributed by atoms with Crippen LogP contribution in [0.2, 0.25) is 0 Å². The quantitative estimate of drug-likeness (QED) is 0.790. The van der Waals surface area contributed by atoms with Crippen LogP contribution in [-0.4, -0.2) is 62.1 Å². The summed E-state index contributed by atoms with van der Waals surface area (Å²) in [5, 5.41) is 3.05. The van der Waals surface area contributed by atoms with Crippen molar-refractivity contribution >= 4 is 17.5 Å². The molecule has 2 amide bonds. The molecule has 1 aromatic carbocycles. The summed E-state index contributed by atoms with van der Waals surface area (Å²) < 4.78 is 19.3. The van der Waals surface area contributed by atoms with E-state index in [9.17, 15) is 14.0 Å². The molecule has 1 heterocycles. The Morgan fingerprint density at radius 3 is 2.55 bits per heavy atom. The molecular formula is C22H32FN3O3. The number of anilines is 1. The fourth-order valence-electron chi connectivity index (χ4n) is 4.26. The molecule has 0 radical (unpaired) electrons. The van der Waals surface area contributed by atoms with Gasteiger partial charge < -0.3 is 19.9 Å². The number of benzene rings is 1. The molecular weight excluding hydrogens is 373 g/mol. The Labute approximate surface area is 172 Å². The first-order valence-electron chi connectivity index (χ1n) is 10.6. The molecule has 1 aliphatic carbocycles. The molecule has 6 nitrogen and oxygen atoms in total. The molecule has 0 aromatic heterocycles. The second-order valence-corrected chi connectivity index (χ2v) is 8.25. The van der Waals surface area contributed by atoms with Crippen LogP contribution in [0.3, 0.4) is 0 Å². The molecule has 3 atom stereocenters. The summed E-state index contributed by atoms with van der Waals surface area (Å²) in [4.78, 5) is 28.2. The SMILES string of the molecule is C[C@H]1[C@H](C)CCC[C@H]1NC(=O)COCC(=O)N1CCN(c2ccccc2F)CC1. The molecule has 1 saturated carbocycles. The van der Waals surface area contributed by atoms with Crippen LogP contribution in [0, 0.1) is 17.7 Å². The normalized spacial score (nSPS) is 25.0. The van der Waals surface area contributed by atoms with Gasteiger partial charge in [-0.1, -0.05) is 38.8 Å². The van der Waals surface area contributed by atoms with E-state index in [0.29, 0.717) is 43.7 Å². The zero-order valence-electron chi connectivity index (χ0n) is 17.4. The van der Waals surface area contributed by atoms with E-state index in [-0.39, 0.29) is 36.9 Å². The van der Waals surface area contributed by atoms with Gasteiger partial charge in [-0.25, -0.2) is 4.39 Å². The van der Waals surface area contributed by atoms with Crippen molar-refractivity contribution in [2.75, 3.05) is 44.3 Å². The maximum Gasteiger partial charge on any atom is 0.248 e. The molecule has 3 rings (SSSR count). The number of halogens is 1. The summed E-state index contributed by atoms with van der Waals surface area (Å²) in [7, 11) is 0. The van der Waals surface area contributed by atoms with Crippen molar-refractivity contribution in [1.82, 2.24) is 10.2 Å². The Bertz CT molecular complexity index is 706. The number of hydrogen-bond donors (Lipinski definition) is 1. The summed E-state index contributed by atoms with van der Waals surface area (Å²) in [6.07, 6.45) is 3.35. The molecule has 2 aliphatic rings.